The zero-order chi connectivity index (χ0) is 20.1. The molecule has 0 atom stereocenters. The van der Waals surface area contributed by atoms with Crippen molar-refractivity contribution in [1.82, 2.24) is 9.97 Å². The summed E-state index contributed by atoms with van der Waals surface area (Å²) in [6.07, 6.45) is 0. The summed E-state index contributed by atoms with van der Waals surface area (Å²) in [4.78, 5) is 30.3. The second kappa shape index (κ2) is 8.75. The van der Waals surface area contributed by atoms with E-state index in [1.54, 1.807) is 31.2 Å². The van der Waals surface area contributed by atoms with E-state index >= 15 is 0 Å². The minimum absolute atomic E-state index is 0.146. The van der Waals surface area contributed by atoms with Gasteiger partial charge >= 0.3 is 0 Å². The molecule has 3 aromatic rings. The van der Waals surface area contributed by atoms with Crippen LogP contribution in [0.2, 0.25) is 0 Å². The Morgan fingerprint density at radius 1 is 1.04 bits per heavy atom. The molecular weight excluding hydrogens is 374 g/mol. The van der Waals surface area contributed by atoms with Gasteiger partial charge in [-0.25, -0.2) is 4.98 Å². The fourth-order valence-corrected chi connectivity index (χ4v) is 3.41. The molecule has 1 aromatic heterocycles. The van der Waals surface area contributed by atoms with E-state index in [1.165, 1.54) is 17.8 Å². The van der Waals surface area contributed by atoms with Crippen molar-refractivity contribution in [3.63, 3.8) is 0 Å². The minimum Gasteiger partial charge on any atom is -0.457 e. The van der Waals surface area contributed by atoms with Gasteiger partial charge in [-0.2, -0.15) is 0 Å². The van der Waals surface area contributed by atoms with E-state index < -0.39 is 0 Å². The van der Waals surface area contributed by atoms with Gasteiger partial charge in [0.15, 0.2) is 5.16 Å². The van der Waals surface area contributed by atoms with Crippen LogP contribution in [0.25, 0.3) is 0 Å². The van der Waals surface area contributed by atoms with Crippen LogP contribution < -0.4 is 15.6 Å². The van der Waals surface area contributed by atoms with E-state index in [9.17, 15) is 9.59 Å². The highest BCUT2D eigenvalue weighted by Gasteiger charge is 2.07. The lowest BCUT2D eigenvalue weighted by Gasteiger charge is -2.09. The normalized spacial score (nSPS) is 10.5. The number of carbonyl (C=O) groups is 1. The van der Waals surface area contributed by atoms with Gasteiger partial charge in [-0.3, -0.25) is 9.59 Å². The summed E-state index contributed by atoms with van der Waals surface area (Å²) in [6.45, 7) is 5.79. The number of rotatable bonds is 6. The Morgan fingerprint density at radius 2 is 1.71 bits per heavy atom. The van der Waals surface area contributed by atoms with Crippen LogP contribution in [0.3, 0.4) is 0 Å². The fraction of sp³-hybridized carbons (Fsp3) is 0.190. The first-order chi connectivity index (χ1) is 13.4. The average Bonchev–Trinajstić information content (AvgIpc) is 2.60. The zero-order valence-electron chi connectivity index (χ0n) is 15.9. The highest BCUT2D eigenvalue weighted by atomic mass is 32.2. The first kappa shape index (κ1) is 19.7. The first-order valence-corrected chi connectivity index (χ1v) is 9.73. The summed E-state index contributed by atoms with van der Waals surface area (Å²) in [5.41, 5.74) is 3.34. The largest absolute Gasteiger partial charge is 0.457 e. The second-order valence-corrected chi connectivity index (χ2v) is 7.44. The lowest BCUT2D eigenvalue weighted by atomic mass is 10.1. The summed E-state index contributed by atoms with van der Waals surface area (Å²) in [5, 5.41) is 3.24. The molecular formula is C21H21N3O3S. The lowest BCUT2D eigenvalue weighted by Crippen LogP contribution is -2.15. The maximum atomic E-state index is 12.1. The molecule has 6 nitrogen and oxygen atoms in total. The summed E-state index contributed by atoms with van der Waals surface area (Å²) in [6, 6.07) is 14.6. The summed E-state index contributed by atoms with van der Waals surface area (Å²) < 4.78 is 5.87. The Morgan fingerprint density at radius 3 is 2.36 bits per heavy atom. The van der Waals surface area contributed by atoms with E-state index in [-0.39, 0.29) is 17.2 Å². The molecule has 0 saturated heterocycles. The van der Waals surface area contributed by atoms with Crippen molar-refractivity contribution in [3.8, 4) is 11.5 Å². The van der Waals surface area contributed by atoms with Crippen LogP contribution in [-0.4, -0.2) is 21.6 Å². The van der Waals surface area contributed by atoms with Crippen LogP contribution in [-0.2, 0) is 4.79 Å². The molecule has 0 aliphatic heterocycles. The van der Waals surface area contributed by atoms with Crippen LogP contribution >= 0.6 is 11.8 Å². The Balaban J connectivity index is 1.56. The van der Waals surface area contributed by atoms with Gasteiger partial charge in [0.25, 0.3) is 5.56 Å². The molecule has 0 spiro atoms. The van der Waals surface area contributed by atoms with Crippen molar-refractivity contribution in [2.75, 3.05) is 11.1 Å². The predicted octanol–water partition coefficient (Wildman–Crippen LogP) is 4.22. The Hall–Kier alpha value is -3.06. The lowest BCUT2D eigenvalue weighted by molar-refractivity contribution is -0.113. The van der Waals surface area contributed by atoms with E-state index in [1.807, 2.05) is 26.0 Å². The average molecular weight is 395 g/mol. The van der Waals surface area contributed by atoms with E-state index in [0.717, 1.165) is 16.9 Å². The summed E-state index contributed by atoms with van der Waals surface area (Å²) in [5.74, 6) is 1.44. The number of aromatic amines is 1. The number of hydrogen-bond acceptors (Lipinski definition) is 5. The van der Waals surface area contributed by atoms with Gasteiger partial charge in [0, 0.05) is 17.4 Å². The molecule has 0 bridgehead atoms. The van der Waals surface area contributed by atoms with Crippen LogP contribution in [0.1, 0.15) is 16.8 Å². The van der Waals surface area contributed by atoms with Crippen molar-refractivity contribution in [2.45, 2.75) is 25.9 Å². The number of benzene rings is 2. The number of amides is 1. The molecule has 2 aromatic carbocycles. The number of ether oxygens (including phenoxy) is 1. The molecule has 0 radical (unpaired) electrons. The standard InChI is InChI=1S/C21H21N3O3S/c1-13-8-14(2)10-18(9-13)27-17-6-4-16(5-7-17)23-20(26)12-28-21-22-15(3)11-19(25)24-21/h4-11H,12H2,1-3H3,(H,23,26)(H,22,24,25). The number of carbonyl (C=O) groups excluding carboxylic acids is 1. The Labute approximate surface area is 167 Å². The number of hydrogen-bond donors (Lipinski definition) is 2. The number of H-pyrrole nitrogens is 1. The van der Waals surface area contributed by atoms with Crippen molar-refractivity contribution in [2.24, 2.45) is 0 Å². The number of nitrogens with one attached hydrogen (secondary N) is 2. The van der Waals surface area contributed by atoms with Gasteiger partial charge in [-0.05, 0) is 68.3 Å². The van der Waals surface area contributed by atoms with E-state index in [2.05, 4.69) is 21.4 Å². The van der Waals surface area contributed by atoms with Gasteiger partial charge in [0.1, 0.15) is 11.5 Å². The maximum Gasteiger partial charge on any atom is 0.251 e. The number of aryl methyl sites for hydroxylation is 3. The monoisotopic (exact) mass is 395 g/mol. The van der Waals surface area contributed by atoms with Crippen molar-refractivity contribution in [1.29, 1.82) is 0 Å². The second-order valence-electron chi connectivity index (χ2n) is 6.48. The van der Waals surface area contributed by atoms with Crippen molar-refractivity contribution in [3.05, 3.63) is 75.7 Å². The van der Waals surface area contributed by atoms with Crippen molar-refractivity contribution < 1.29 is 9.53 Å². The summed E-state index contributed by atoms with van der Waals surface area (Å²) >= 11 is 1.18. The molecule has 3 rings (SSSR count). The molecule has 0 unspecified atom stereocenters. The van der Waals surface area contributed by atoms with Crippen LogP contribution in [0, 0.1) is 20.8 Å². The van der Waals surface area contributed by atoms with E-state index in [0.29, 0.717) is 22.3 Å². The maximum absolute atomic E-state index is 12.1. The highest BCUT2D eigenvalue weighted by Crippen LogP contribution is 2.25. The van der Waals surface area contributed by atoms with Crippen LogP contribution in [0.4, 0.5) is 5.69 Å². The molecule has 144 valence electrons. The summed E-state index contributed by atoms with van der Waals surface area (Å²) in [7, 11) is 0. The molecule has 1 amide bonds. The number of nitrogens with zero attached hydrogens (tertiary/aromatic N) is 1. The molecule has 28 heavy (non-hydrogen) atoms. The van der Waals surface area contributed by atoms with Crippen LogP contribution in [0.15, 0.2) is 58.5 Å². The van der Waals surface area contributed by atoms with Gasteiger partial charge in [0.2, 0.25) is 5.91 Å². The van der Waals surface area contributed by atoms with Gasteiger partial charge < -0.3 is 15.0 Å². The molecule has 0 aliphatic rings. The minimum atomic E-state index is -0.227. The fourth-order valence-electron chi connectivity index (χ4n) is 2.69. The third-order valence-corrected chi connectivity index (χ3v) is 4.63. The molecule has 0 aliphatic carbocycles. The van der Waals surface area contributed by atoms with Crippen LogP contribution in [0.5, 0.6) is 11.5 Å². The SMILES string of the molecule is Cc1cc(C)cc(Oc2ccc(NC(=O)CSc3nc(C)cc(=O)[nH]3)cc2)c1. The van der Waals surface area contributed by atoms with Gasteiger partial charge in [0.05, 0.1) is 5.75 Å². The zero-order valence-corrected chi connectivity index (χ0v) is 16.7. The molecule has 0 saturated carbocycles. The number of aromatic nitrogens is 2. The smallest absolute Gasteiger partial charge is 0.251 e. The quantitative estimate of drug-likeness (QED) is 0.482. The third kappa shape index (κ3) is 5.72. The molecule has 0 fully saturated rings. The van der Waals surface area contributed by atoms with Crippen molar-refractivity contribution >= 4 is 23.4 Å². The topological polar surface area (TPSA) is 84.1 Å². The van der Waals surface area contributed by atoms with Gasteiger partial charge in [-0.15, -0.1) is 0 Å². The number of thioether (sulfide) groups is 1. The first-order valence-electron chi connectivity index (χ1n) is 8.74. The Bertz CT molecular complexity index is 1030. The Kier molecular flexibility index (Phi) is 6.16. The third-order valence-electron chi connectivity index (χ3n) is 3.76. The number of anilines is 1. The highest BCUT2D eigenvalue weighted by molar-refractivity contribution is 7.99. The van der Waals surface area contributed by atoms with Gasteiger partial charge in [-0.1, -0.05) is 17.8 Å². The predicted molar refractivity (Wildman–Crippen MR) is 111 cm³/mol. The molecule has 1 heterocycles. The molecule has 2 N–H and O–H groups in total. The molecule has 7 heteroatoms. The van der Waals surface area contributed by atoms with E-state index in [4.69, 9.17) is 4.74 Å².